The normalized spacial score (nSPS) is 16.8. The molecule has 0 bridgehead atoms. The Labute approximate surface area is 106 Å². The molecular weight excluding hydrogens is 245 g/mol. The van der Waals surface area contributed by atoms with Gasteiger partial charge in [0.15, 0.2) is 0 Å². The van der Waals surface area contributed by atoms with Crippen molar-refractivity contribution in [1.29, 1.82) is 0 Å². The molecule has 1 heterocycles. The predicted molar refractivity (Wildman–Crippen MR) is 63.1 cm³/mol. The standard InChI is InChI=1S/C12H21F3N2O/c1-3-10(4-2)17(8-12(13,14)15)11(18)5-9-6-16-7-9/h9-10,16H,3-8H2,1-2H3. The van der Waals surface area contributed by atoms with Gasteiger partial charge in [-0.05, 0) is 31.8 Å². The van der Waals surface area contributed by atoms with Gasteiger partial charge in [-0.15, -0.1) is 0 Å². The number of hydrogen-bond donors (Lipinski definition) is 1. The molecule has 0 saturated carbocycles. The van der Waals surface area contributed by atoms with Gasteiger partial charge in [0.25, 0.3) is 0 Å². The van der Waals surface area contributed by atoms with Gasteiger partial charge in [0.2, 0.25) is 5.91 Å². The Morgan fingerprint density at radius 1 is 1.33 bits per heavy atom. The van der Waals surface area contributed by atoms with Crippen molar-refractivity contribution in [3.63, 3.8) is 0 Å². The summed E-state index contributed by atoms with van der Waals surface area (Å²) in [6, 6.07) is -0.313. The lowest BCUT2D eigenvalue weighted by Crippen LogP contribution is -2.49. The smallest absolute Gasteiger partial charge is 0.331 e. The minimum atomic E-state index is -4.32. The van der Waals surface area contributed by atoms with Crippen molar-refractivity contribution in [2.45, 2.75) is 45.3 Å². The Kier molecular flexibility index (Phi) is 5.44. The second kappa shape index (κ2) is 6.41. The fourth-order valence-corrected chi connectivity index (χ4v) is 2.20. The zero-order valence-corrected chi connectivity index (χ0v) is 10.9. The number of hydrogen-bond acceptors (Lipinski definition) is 2. The van der Waals surface area contributed by atoms with Gasteiger partial charge in [0.05, 0.1) is 0 Å². The van der Waals surface area contributed by atoms with Gasteiger partial charge < -0.3 is 10.2 Å². The number of halogens is 3. The highest BCUT2D eigenvalue weighted by molar-refractivity contribution is 5.77. The summed E-state index contributed by atoms with van der Waals surface area (Å²) >= 11 is 0. The van der Waals surface area contributed by atoms with Crippen LogP contribution >= 0.6 is 0 Å². The van der Waals surface area contributed by atoms with Crippen LogP contribution in [-0.4, -0.2) is 42.7 Å². The van der Waals surface area contributed by atoms with E-state index in [9.17, 15) is 18.0 Å². The van der Waals surface area contributed by atoms with E-state index in [4.69, 9.17) is 0 Å². The minimum Gasteiger partial charge on any atom is -0.331 e. The zero-order chi connectivity index (χ0) is 13.8. The second-order valence-electron chi connectivity index (χ2n) is 4.84. The molecule has 0 aromatic heterocycles. The Bertz CT molecular complexity index is 273. The van der Waals surface area contributed by atoms with E-state index < -0.39 is 12.7 Å². The summed E-state index contributed by atoms with van der Waals surface area (Å²) in [6.45, 7) is 3.97. The molecule has 1 N–H and O–H groups in total. The molecule has 1 fully saturated rings. The molecule has 0 aromatic carbocycles. The van der Waals surface area contributed by atoms with Crippen LogP contribution in [0, 0.1) is 5.92 Å². The summed E-state index contributed by atoms with van der Waals surface area (Å²) in [5.74, 6) is -0.171. The first-order chi connectivity index (χ1) is 8.37. The fraction of sp³-hybridized carbons (Fsp3) is 0.917. The molecule has 1 amide bonds. The van der Waals surface area contributed by atoms with Crippen LogP contribution in [0.3, 0.4) is 0 Å². The van der Waals surface area contributed by atoms with E-state index in [0.717, 1.165) is 18.0 Å². The molecular formula is C12H21F3N2O. The van der Waals surface area contributed by atoms with Gasteiger partial charge in [-0.2, -0.15) is 13.2 Å². The number of nitrogens with one attached hydrogen (secondary N) is 1. The van der Waals surface area contributed by atoms with Crippen LogP contribution in [0.15, 0.2) is 0 Å². The first-order valence-electron chi connectivity index (χ1n) is 6.44. The van der Waals surface area contributed by atoms with Gasteiger partial charge in [-0.25, -0.2) is 0 Å². The molecule has 1 aliphatic heterocycles. The predicted octanol–water partition coefficient (Wildman–Crippen LogP) is 2.18. The van der Waals surface area contributed by atoms with E-state index in [1.807, 2.05) is 13.8 Å². The molecule has 1 rings (SSSR count). The molecule has 18 heavy (non-hydrogen) atoms. The van der Waals surface area contributed by atoms with Crippen molar-refractivity contribution in [3.8, 4) is 0 Å². The van der Waals surface area contributed by atoms with E-state index in [1.54, 1.807) is 0 Å². The SMILES string of the molecule is CCC(CC)N(CC(F)(F)F)C(=O)CC1CNC1. The molecule has 0 spiro atoms. The summed E-state index contributed by atoms with van der Waals surface area (Å²) < 4.78 is 37.6. The number of nitrogens with zero attached hydrogens (tertiary/aromatic N) is 1. The van der Waals surface area contributed by atoms with Crippen molar-refractivity contribution in [2.24, 2.45) is 5.92 Å². The monoisotopic (exact) mass is 266 g/mol. The number of amides is 1. The molecule has 3 nitrogen and oxygen atoms in total. The van der Waals surface area contributed by atoms with Crippen molar-refractivity contribution in [2.75, 3.05) is 19.6 Å². The topological polar surface area (TPSA) is 32.3 Å². The van der Waals surface area contributed by atoms with E-state index in [-0.39, 0.29) is 24.3 Å². The highest BCUT2D eigenvalue weighted by Crippen LogP contribution is 2.22. The van der Waals surface area contributed by atoms with Crippen molar-refractivity contribution in [3.05, 3.63) is 0 Å². The number of carbonyl (C=O) groups excluding carboxylic acids is 1. The first-order valence-corrected chi connectivity index (χ1v) is 6.44. The van der Waals surface area contributed by atoms with Gasteiger partial charge in [-0.1, -0.05) is 13.8 Å². The molecule has 0 atom stereocenters. The van der Waals surface area contributed by atoms with Gasteiger partial charge in [0, 0.05) is 12.5 Å². The maximum absolute atomic E-state index is 12.5. The quantitative estimate of drug-likeness (QED) is 0.799. The van der Waals surface area contributed by atoms with Crippen molar-refractivity contribution < 1.29 is 18.0 Å². The lowest BCUT2D eigenvalue weighted by atomic mass is 9.97. The average Bonchev–Trinajstić information content (AvgIpc) is 2.21. The maximum Gasteiger partial charge on any atom is 0.406 e. The molecule has 0 aromatic rings. The Morgan fingerprint density at radius 3 is 2.22 bits per heavy atom. The lowest BCUT2D eigenvalue weighted by Gasteiger charge is -2.34. The second-order valence-corrected chi connectivity index (χ2v) is 4.84. The lowest BCUT2D eigenvalue weighted by molar-refractivity contribution is -0.167. The summed E-state index contributed by atoms with van der Waals surface area (Å²) in [5.41, 5.74) is 0. The third-order valence-corrected chi connectivity index (χ3v) is 3.38. The van der Waals surface area contributed by atoms with Crippen LogP contribution in [-0.2, 0) is 4.79 Å². The van der Waals surface area contributed by atoms with Crippen LogP contribution in [0.2, 0.25) is 0 Å². The maximum atomic E-state index is 12.5. The molecule has 1 aliphatic rings. The summed E-state index contributed by atoms with van der Waals surface area (Å²) in [4.78, 5) is 13.0. The Balaban J connectivity index is 2.64. The van der Waals surface area contributed by atoms with E-state index in [0.29, 0.717) is 12.8 Å². The fourth-order valence-electron chi connectivity index (χ4n) is 2.20. The number of alkyl halides is 3. The van der Waals surface area contributed by atoms with Crippen molar-refractivity contribution >= 4 is 5.91 Å². The van der Waals surface area contributed by atoms with Gasteiger partial charge in [-0.3, -0.25) is 4.79 Å². The molecule has 6 heteroatoms. The molecule has 0 unspecified atom stereocenters. The Morgan fingerprint density at radius 2 is 1.89 bits per heavy atom. The van der Waals surface area contributed by atoms with Gasteiger partial charge in [0.1, 0.15) is 6.54 Å². The highest BCUT2D eigenvalue weighted by Gasteiger charge is 2.36. The van der Waals surface area contributed by atoms with Crippen LogP contribution < -0.4 is 5.32 Å². The van der Waals surface area contributed by atoms with E-state index >= 15 is 0 Å². The number of rotatable bonds is 6. The van der Waals surface area contributed by atoms with Crippen molar-refractivity contribution in [1.82, 2.24) is 10.2 Å². The van der Waals surface area contributed by atoms with Crippen LogP contribution in [0.4, 0.5) is 13.2 Å². The summed E-state index contributed by atoms with van der Waals surface area (Å²) in [6.07, 6.45) is -2.99. The number of carbonyl (C=O) groups is 1. The van der Waals surface area contributed by atoms with E-state index in [2.05, 4.69) is 5.32 Å². The molecule has 1 saturated heterocycles. The molecule has 0 aliphatic carbocycles. The first kappa shape index (κ1) is 15.3. The third-order valence-electron chi connectivity index (χ3n) is 3.38. The Hall–Kier alpha value is -0.780. The summed E-state index contributed by atoms with van der Waals surface area (Å²) in [7, 11) is 0. The van der Waals surface area contributed by atoms with Crippen LogP contribution in [0.25, 0.3) is 0 Å². The van der Waals surface area contributed by atoms with Crippen LogP contribution in [0.5, 0.6) is 0 Å². The molecule has 106 valence electrons. The highest BCUT2D eigenvalue weighted by atomic mass is 19.4. The largest absolute Gasteiger partial charge is 0.406 e. The van der Waals surface area contributed by atoms with Gasteiger partial charge >= 0.3 is 6.18 Å². The summed E-state index contributed by atoms with van der Waals surface area (Å²) in [5, 5.41) is 3.02. The zero-order valence-electron chi connectivity index (χ0n) is 10.9. The van der Waals surface area contributed by atoms with E-state index in [1.165, 1.54) is 0 Å². The molecule has 0 radical (unpaired) electrons. The van der Waals surface area contributed by atoms with Crippen LogP contribution in [0.1, 0.15) is 33.1 Å². The minimum absolute atomic E-state index is 0.197. The average molecular weight is 266 g/mol. The third kappa shape index (κ3) is 4.48.